The summed E-state index contributed by atoms with van der Waals surface area (Å²) in [5.41, 5.74) is 2.40. The van der Waals surface area contributed by atoms with Crippen LogP contribution in [0.1, 0.15) is 40.5 Å². The summed E-state index contributed by atoms with van der Waals surface area (Å²) in [6, 6.07) is 3.70. The number of likely N-dealkylation sites (N-methyl/N-ethyl adjacent to an activating group) is 1. The molecule has 1 aliphatic heterocycles. The van der Waals surface area contributed by atoms with Crippen molar-refractivity contribution in [2.75, 3.05) is 27.2 Å². The van der Waals surface area contributed by atoms with Crippen molar-refractivity contribution >= 4 is 11.9 Å². The van der Waals surface area contributed by atoms with Gasteiger partial charge in [-0.1, -0.05) is 0 Å². The first-order valence-electron chi connectivity index (χ1n) is 7.26. The summed E-state index contributed by atoms with van der Waals surface area (Å²) in [7, 11) is 3.42. The standard InChI is InChI=1S/C15H20N4O2/c1-19-8-7-16-15(19)17-9-11-5-6-12(14(20)21-2)13(18-11)10-3-4-10/h5-6,10H,3-4,7-9H2,1-2H3,(H,16,17). The highest BCUT2D eigenvalue weighted by Crippen LogP contribution is 2.40. The molecule has 0 radical (unpaired) electrons. The first-order valence-corrected chi connectivity index (χ1v) is 7.26. The van der Waals surface area contributed by atoms with Crippen molar-refractivity contribution in [3.8, 4) is 0 Å². The largest absolute Gasteiger partial charge is 0.465 e. The zero-order chi connectivity index (χ0) is 14.8. The number of ether oxygens (including phenoxy) is 1. The first kappa shape index (κ1) is 13.9. The van der Waals surface area contributed by atoms with Gasteiger partial charge >= 0.3 is 5.97 Å². The molecule has 6 heteroatoms. The van der Waals surface area contributed by atoms with Gasteiger partial charge in [0.05, 0.1) is 37.2 Å². The number of carbonyl (C=O) groups is 1. The minimum absolute atomic E-state index is 0.302. The molecule has 21 heavy (non-hydrogen) atoms. The van der Waals surface area contributed by atoms with Gasteiger partial charge in [-0.05, 0) is 25.0 Å². The topological polar surface area (TPSA) is 66.8 Å². The molecule has 1 aliphatic carbocycles. The quantitative estimate of drug-likeness (QED) is 0.842. The van der Waals surface area contributed by atoms with Crippen molar-refractivity contribution in [1.29, 1.82) is 0 Å². The maximum Gasteiger partial charge on any atom is 0.339 e. The number of carbonyl (C=O) groups excluding carboxylic acids is 1. The Balaban J connectivity index is 1.74. The summed E-state index contributed by atoms with van der Waals surface area (Å²) in [5, 5.41) is 3.29. The van der Waals surface area contributed by atoms with Crippen LogP contribution in [0.3, 0.4) is 0 Å². The van der Waals surface area contributed by atoms with E-state index in [-0.39, 0.29) is 5.97 Å². The minimum Gasteiger partial charge on any atom is -0.465 e. The van der Waals surface area contributed by atoms with Crippen LogP contribution in [-0.4, -0.2) is 49.1 Å². The second-order valence-corrected chi connectivity index (χ2v) is 5.48. The number of esters is 1. The summed E-state index contributed by atoms with van der Waals surface area (Å²) in [4.78, 5) is 22.9. The normalized spacial score (nSPS) is 17.6. The predicted octanol–water partition coefficient (Wildman–Crippen LogP) is 1.14. The van der Waals surface area contributed by atoms with Crippen LogP contribution >= 0.6 is 0 Å². The predicted molar refractivity (Wildman–Crippen MR) is 79.3 cm³/mol. The molecule has 1 saturated carbocycles. The van der Waals surface area contributed by atoms with Crippen LogP contribution in [-0.2, 0) is 11.3 Å². The molecule has 3 rings (SSSR count). The van der Waals surface area contributed by atoms with Crippen LogP contribution in [0.2, 0.25) is 0 Å². The molecule has 6 nitrogen and oxygen atoms in total. The molecular weight excluding hydrogens is 268 g/mol. The van der Waals surface area contributed by atoms with E-state index >= 15 is 0 Å². The van der Waals surface area contributed by atoms with Gasteiger partial charge < -0.3 is 15.0 Å². The summed E-state index contributed by atoms with van der Waals surface area (Å²) in [6.45, 7) is 2.40. The fourth-order valence-corrected chi connectivity index (χ4v) is 2.46. The van der Waals surface area contributed by atoms with Gasteiger partial charge in [0.25, 0.3) is 0 Å². The number of nitrogens with one attached hydrogen (secondary N) is 1. The van der Waals surface area contributed by atoms with Crippen LogP contribution in [0.25, 0.3) is 0 Å². The number of hydrogen-bond acceptors (Lipinski definition) is 6. The van der Waals surface area contributed by atoms with Crippen molar-refractivity contribution in [3.05, 3.63) is 29.1 Å². The number of pyridine rings is 1. The lowest BCUT2D eigenvalue weighted by Crippen LogP contribution is -2.35. The molecule has 2 heterocycles. The van der Waals surface area contributed by atoms with Gasteiger partial charge in [-0.3, -0.25) is 9.98 Å². The third-order valence-electron chi connectivity index (χ3n) is 3.84. The van der Waals surface area contributed by atoms with E-state index in [9.17, 15) is 4.79 Å². The minimum atomic E-state index is -0.302. The molecule has 112 valence electrons. The summed E-state index contributed by atoms with van der Waals surface area (Å²) < 4.78 is 4.83. The molecule has 1 aromatic heterocycles. The number of methoxy groups -OCH3 is 1. The average molecular weight is 288 g/mol. The second-order valence-electron chi connectivity index (χ2n) is 5.48. The monoisotopic (exact) mass is 288 g/mol. The molecule has 1 aromatic rings. The van der Waals surface area contributed by atoms with Crippen LogP contribution in [0.4, 0.5) is 0 Å². The number of rotatable bonds is 4. The van der Waals surface area contributed by atoms with Crippen LogP contribution in [0.15, 0.2) is 17.1 Å². The van der Waals surface area contributed by atoms with Crippen molar-refractivity contribution in [1.82, 2.24) is 15.2 Å². The van der Waals surface area contributed by atoms with Gasteiger partial charge in [0.2, 0.25) is 0 Å². The number of aromatic nitrogens is 1. The molecule has 0 bridgehead atoms. The SMILES string of the molecule is COC(=O)c1ccc(CNC2=NCCN2C)nc1C1CC1. The Bertz CT molecular complexity index is 581. The molecule has 0 aromatic carbocycles. The average Bonchev–Trinajstić information content (AvgIpc) is 3.27. The molecule has 0 spiro atoms. The summed E-state index contributed by atoms with van der Waals surface area (Å²) >= 11 is 0. The van der Waals surface area contributed by atoms with Crippen molar-refractivity contribution in [3.63, 3.8) is 0 Å². The van der Waals surface area contributed by atoms with E-state index in [0.717, 1.165) is 43.3 Å². The second kappa shape index (κ2) is 5.71. The molecule has 1 fully saturated rings. The highest BCUT2D eigenvalue weighted by Gasteiger charge is 2.30. The van der Waals surface area contributed by atoms with Crippen LogP contribution in [0, 0.1) is 0 Å². The molecule has 0 unspecified atom stereocenters. The van der Waals surface area contributed by atoms with E-state index in [4.69, 9.17) is 4.74 Å². The number of guanidine groups is 1. The third-order valence-corrected chi connectivity index (χ3v) is 3.84. The summed E-state index contributed by atoms with van der Waals surface area (Å²) in [5.74, 6) is 1.01. The number of hydrogen-bond donors (Lipinski definition) is 1. The highest BCUT2D eigenvalue weighted by atomic mass is 16.5. The van der Waals surface area contributed by atoms with Gasteiger partial charge in [0.15, 0.2) is 5.96 Å². The Morgan fingerprint density at radius 1 is 1.48 bits per heavy atom. The zero-order valence-electron chi connectivity index (χ0n) is 12.4. The van der Waals surface area contributed by atoms with Gasteiger partial charge in [0.1, 0.15) is 0 Å². The molecule has 1 N–H and O–H groups in total. The Kier molecular flexibility index (Phi) is 3.77. The maximum atomic E-state index is 11.8. The lowest BCUT2D eigenvalue weighted by molar-refractivity contribution is 0.0598. The van der Waals surface area contributed by atoms with Gasteiger partial charge in [-0.15, -0.1) is 0 Å². The Morgan fingerprint density at radius 3 is 2.90 bits per heavy atom. The molecule has 0 amide bonds. The van der Waals surface area contributed by atoms with Crippen LogP contribution < -0.4 is 5.32 Å². The smallest absolute Gasteiger partial charge is 0.339 e. The van der Waals surface area contributed by atoms with E-state index in [1.54, 1.807) is 0 Å². The third kappa shape index (κ3) is 2.99. The van der Waals surface area contributed by atoms with Crippen molar-refractivity contribution in [2.24, 2.45) is 4.99 Å². The number of aliphatic imine (C=N–C) groups is 1. The lowest BCUT2D eigenvalue weighted by atomic mass is 10.1. The van der Waals surface area contributed by atoms with Crippen molar-refractivity contribution in [2.45, 2.75) is 25.3 Å². The molecular formula is C15H20N4O2. The zero-order valence-corrected chi connectivity index (χ0v) is 12.4. The van der Waals surface area contributed by atoms with Gasteiger partial charge in [0, 0.05) is 19.5 Å². The Hall–Kier alpha value is -2.11. The Labute approximate surface area is 124 Å². The van der Waals surface area contributed by atoms with Gasteiger partial charge in [-0.2, -0.15) is 0 Å². The Morgan fingerprint density at radius 2 is 2.29 bits per heavy atom. The first-order chi connectivity index (χ1) is 10.2. The lowest BCUT2D eigenvalue weighted by Gasteiger charge is -2.15. The van der Waals surface area contributed by atoms with Gasteiger partial charge in [-0.25, -0.2) is 4.79 Å². The van der Waals surface area contributed by atoms with E-state index in [0.29, 0.717) is 18.0 Å². The van der Waals surface area contributed by atoms with Crippen LogP contribution in [0.5, 0.6) is 0 Å². The molecule has 2 aliphatic rings. The molecule has 0 atom stereocenters. The van der Waals surface area contributed by atoms with E-state index in [1.165, 1.54) is 7.11 Å². The maximum absolute atomic E-state index is 11.8. The van der Waals surface area contributed by atoms with E-state index < -0.39 is 0 Å². The van der Waals surface area contributed by atoms with E-state index in [1.807, 2.05) is 19.2 Å². The highest BCUT2D eigenvalue weighted by molar-refractivity contribution is 5.90. The fourth-order valence-electron chi connectivity index (χ4n) is 2.46. The van der Waals surface area contributed by atoms with Crippen molar-refractivity contribution < 1.29 is 9.53 Å². The fraction of sp³-hybridized carbons (Fsp3) is 0.533. The summed E-state index contributed by atoms with van der Waals surface area (Å²) in [6.07, 6.45) is 2.20. The van der Waals surface area contributed by atoms with E-state index in [2.05, 4.69) is 20.2 Å². The molecule has 0 saturated heterocycles. The number of nitrogens with zero attached hydrogens (tertiary/aromatic N) is 3.